The van der Waals surface area contributed by atoms with Gasteiger partial charge in [0.15, 0.2) is 14.7 Å². The molecule has 0 saturated heterocycles. The zero-order chi connectivity index (χ0) is 20.0. The molecule has 0 aliphatic carbocycles. The SMILES string of the molecule is C.C.CCOP(C)(=O)C(C)C.CCOP(C)(=O)CC.CCP(C)(=O)OC. The first-order valence-electron chi connectivity index (χ1n) is 8.30. The Morgan fingerprint density at radius 3 is 1.15 bits per heavy atom. The third-order valence-corrected chi connectivity index (χ3v) is 9.78. The fourth-order valence-corrected chi connectivity index (χ4v) is 2.70. The molecule has 0 radical (unpaired) electrons. The maximum absolute atomic E-state index is 11.3. The third kappa shape index (κ3) is 24.6. The van der Waals surface area contributed by atoms with Crippen molar-refractivity contribution >= 4 is 22.1 Å². The van der Waals surface area contributed by atoms with Crippen LogP contribution in [0.1, 0.15) is 56.4 Å². The summed E-state index contributed by atoms with van der Waals surface area (Å²) < 4.78 is 47.6. The summed E-state index contributed by atoms with van der Waals surface area (Å²) in [5, 5.41) is 0. The minimum Gasteiger partial charge on any atom is -0.332 e. The van der Waals surface area contributed by atoms with E-state index >= 15 is 0 Å². The van der Waals surface area contributed by atoms with Crippen molar-refractivity contribution < 1.29 is 27.3 Å². The highest BCUT2D eigenvalue weighted by Crippen LogP contribution is 2.47. The molecule has 0 N–H and O–H groups in total. The van der Waals surface area contributed by atoms with E-state index in [1.807, 2.05) is 41.5 Å². The normalized spacial score (nSPS) is 16.7. The maximum atomic E-state index is 11.3. The number of hydrogen-bond acceptors (Lipinski definition) is 6. The van der Waals surface area contributed by atoms with Crippen LogP contribution in [-0.4, -0.2) is 58.3 Å². The van der Waals surface area contributed by atoms with Crippen LogP contribution in [-0.2, 0) is 27.3 Å². The van der Waals surface area contributed by atoms with Gasteiger partial charge in [0, 0.05) is 45.1 Å². The Labute approximate surface area is 164 Å². The van der Waals surface area contributed by atoms with Gasteiger partial charge in [0.2, 0.25) is 7.37 Å². The minimum atomic E-state index is -2.26. The topological polar surface area (TPSA) is 78.9 Å². The summed E-state index contributed by atoms with van der Waals surface area (Å²) in [7, 11) is -5.12. The van der Waals surface area contributed by atoms with Gasteiger partial charge in [-0.15, -0.1) is 0 Å². The maximum Gasteiger partial charge on any atom is 0.202 e. The molecule has 0 aromatic heterocycles. The Bertz CT molecular complexity index is 430. The van der Waals surface area contributed by atoms with Crippen LogP contribution < -0.4 is 0 Å². The zero-order valence-electron chi connectivity index (χ0n) is 17.2. The van der Waals surface area contributed by atoms with Crippen LogP contribution in [0.2, 0.25) is 0 Å². The lowest BCUT2D eigenvalue weighted by atomic mass is 10.6. The van der Waals surface area contributed by atoms with Crippen molar-refractivity contribution in [3.05, 3.63) is 0 Å². The summed E-state index contributed by atoms with van der Waals surface area (Å²) in [6, 6.07) is 0. The van der Waals surface area contributed by atoms with E-state index in [9.17, 15) is 13.7 Å². The van der Waals surface area contributed by atoms with Crippen LogP contribution in [0.4, 0.5) is 0 Å². The average Bonchev–Trinajstić information content (AvgIpc) is 2.48. The fourth-order valence-electron chi connectivity index (χ4n) is 0.899. The summed E-state index contributed by atoms with van der Waals surface area (Å²) in [5.41, 5.74) is 0.150. The minimum absolute atomic E-state index is 0. The zero-order valence-corrected chi connectivity index (χ0v) is 19.9. The molecule has 0 amide bonds. The van der Waals surface area contributed by atoms with Crippen molar-refractivity contribution in [1.29, 1.82) is 0 Å². The largest absolute Gasteiger partial charge is 0.332 e. The highest BCUT2D eigenvalue weighted by molar-refractivity contribution is 7.59. The molecule has 3 unspecified atom stereocenters. The van der Waals surface area contributed by atoms with Crippen molar-refractivity contribution in [2.45, 2.75) is 62.1 Å². The van der Waals surface area contributed by atoms with Gasteiger partial charge in [-0.25, -0.2) is 0 Å². The number of hydrogen-bond donors (Lipinski definition) is 0. The molecular weight excluding hydrogens is 393 g/mol. The van der Waals surface area contributed by atoms with E-state index in [1.165, 1.54) is 7.11 Å². The second-order valence-corrected chi connectivity index (χ2v) is 14.7. The van der Waals surface area contributed by atoms with Gasteiger partial charge in [0.05, 0.1) is 13.2 Å². The molecular formula is C17H47O6P3. The van der Waals surface area contributed by atoms with Crippen LogP contribution in [0.3, 0.4) is 0 Å². The lowest BCUT2D eigenvalue weighted by Crippen LogP contribution is -1.99. The Hall–Kier alpha value is 0.570. The second kappa shape index (κ2) is 18.9. The first-order valence-corrected chi connectivity index (χ1v) is 15.0. The summed E-state index contributed by atoms with van der Waals surface area (Å²) >= 11 is 0. The molecule has 6 nitrogen and oxygen atoms in total. The van der Waals surface area contributed by atoms with Gasteiger partial charge in [-0.1, -0.05) is 42.5 Å². The van der Waals surface area contributed by atoms with Crippen molar-refractivity contribution in [2.75, 3.05) is 52.6 Å². The van der Waals surface area contributed by atoms with Gasteiger partial charge < -0.3 is 13.6 Å². The average molecular weight is 440 g/mol. The highest BCUT2D eigenvalue weighted by Gasteiger charge is 2.19. The summed E-state index contributed by atoms with van der Waals surface area (Å²) in [6.07, 6.45) is 1.27. The van der Waals surface area contributed by atoms with Crippen LogP contribution in [0.5, 0.6) is 0 Å². The van der Waals surface area contributed by atoms with Gasteiger partial charge in [-0.05, 0) is 13.8 Å². The lowest BCUT2D eigenvalue weighted by Gasteiger charge is -2.15. The first-order chi connectivity index (χ1) is 10.7. The van der Waals surface area contributed by atoms with Gasteiger partial charge in [0.25, 0.3) is 0 Å². The molecule has 0 aliphatic rings. The molecule has 0 bridgehead atoms. The lowest BCUT2D eigenvalue weighted by molar-refractivity contribution is 0.332. The van der Waals surface area contributed by atoms with Crippen LogP contribution in [0.15, 0.2) is 0 Å². The molecule has 166 valence electrons. The van der Waals surface area contributed by atoms with E-state index < -0.39 is 22.1 Å². The Balaban J connectivity index is -0.0000000823. The molecule has 0 heterocycles. The molecule has 0 aromatic carbocycles. The van der Waals surface area contributed by atoms with Crippen LogP contribution >= 0.6 is 22.1 Å². The van der Waals surface area contributed by atoms with Crippen molar-refractivity contribution in [1.82, 2.24) is 0 Å². The standard InChI is InChI=1S/C6H15O2P.C5H13O2P.C4H11O2P.2CH4/c1-5-8-9(4,7)6(2)3;1-4-7-8(3,6)5-2;1-4-7(3,5)6-2;;/h6H,5H2,1-4H3;4-5H2,1-3H3;4H2,1-3H3;2*1H4. The van der Waals surface area contributed by atoms with Crippen molar-refractivity contribution in [3.8, 4) is 0 Å². The smallest absolute Gasteiger partial charge is 0.202 e. The van der Waals surface area contributed by atoms with E-state index in [0.717, 1.165) is 0 Å². The van der Waals surface area contributed by atoms with Gasteiger partial charge in [-0.3, -0.25) is 13.7 Å². The van der Waals surface area contributed by atoms with E-state index in [-0.39, 0.29) is 20.5 Å². The second-order valence-electron chi connectivity index (χ2n) is 5.68. The molecule has 0 saturated carbocycles. The Kier molecular flexibility index (Phi) is 27.2. The summed E-state index contributed by atoms with van der Waals surface area (Å²) in [6.45, 7) is 17.3. The Morgan fingerprint density at radius 2 is 1.08 bits per heavy atom. The highest BCUT2D eigenvalue weighted by atomic mass is 31.2. The van der Waals surface area contributed by atoms with Gasteiger partial charge in [-0.2, -0.15) is 0 Å². The third-order valence-electron chi connectivity index (χ3n) is 3.26. The van der Waals surface area contributed by atoms with E-state index in [1.54, 1.807) is 20.0 Å². The van der Waals surface area contributed by atoms with Gasteiger partial charge in [0.1, 0.15) is 0 Å². The van der Waals surface area contributed by atoms with E-state index in [2.05, 4.69) is 4.52 Å². The van der Waals surface area contributed by atoms with Gasteiger partial charge >= 0.3 is 0 Å². The monoisotopic (exact) mass is 440 g/mol. The number of rotatable bonds is 8. The van der Waals surface area contributed by atoms with Crippen molar-refractivity contribution in [2.24, 2.45) is 0 Å². The van der Waals surface area contributed by atoms with E-state index in [0.29, 0.717) is 25.5 Å². The van der Waals surface area contributed by atoms with Crippen LogP contribution in [0, 0.1) is 0 Å². The molecule has 0 aliphatic heterocycles. The van der Waals surface area contributed by atoms with Crippen LogP contribution in [0.25, 0.3) is 0 Å². The fraction of sp³-hybridized carbons (Fsp3) is 1.00. The molecule has 26 heavy (non-hydrogen) atoms. The predicted octanol–water partition coefficient (Wildman–Crippen LogP) is 7.12. The molecule has 0 spiro atoms. The Morgan fingerprint density at radius 1 is 0.731 bits per heavy atom. The van der Waals surface area contributed by atoms with Crippen molar-refractivity contribution in [3.63, 3.8) is 0 Å². The first kappa shape index (κ1) is 37.3. The molecule has 3 atom stereocenters. The summed E-state index contributed by atoms with van der Waals surface area (Å²) in [5.74, 6) is 0. The quantitative estimate of drug-likeness (QED) is 0.374. The molecule has 0 rings (SSSR count). The summed E-state index contributed by atoms with van der Waals surface area (Å²) in [4.78, 5) is 0. The van der Waals surface area contributed by atoms with E-state index in [4.69, 9.17) is 9.05 Å². The molecule has 9 heteroatoms. The molecule has 0 aromatic rings. The molecule has 0 fully saturated rings. The predicted molar refractivity (Wildman–Crippen MR) is 121 cm³/mol.